The first-order valence-electron chi connectivity index (χ1n) is 7.19. The van der Waals surface area contributed by atoms with Crippen molar-refractivity contribution in [3.05, 3.63) is 22.2 Å². The van der Waals surface area contributed by atoms with E-state index in [1.807, 2.05) is 0 Å². The van der Waals surface area contributed by atoms with Crippen molar-refractivity contribution in [2.24, 2.45) is 5.92 Å². The van der Waals surface area contributed by atoms with Gasteiger partial charge < -0.3 is 0 Å². The van der Waals surface area contributed by atoms with Crippen LogP contribution < -0.4 is 0 Å². The van der Waals surface area contributed by atoms with Gasteiger partial charge >= 0.3 is 5.00 Å². The lowest BCUT2D eigenvalue weighted by Gasteiger charge is -2.19. The highest BCUT2D eigenvalue weighted by Crippen LogP contribution is 2.32. The second kappa shape index (κ2) is 6.85. The zero-order chi connectivity index (χ0) is 15.5. The summed E-state index contributed by atoms with van der Waals surface area (Å²) < 4.78 is 26.7. The molecular formula is C13H20N2O4S2. The van der Waals surface area contributed by atoms with E-state index in [1.54, 1.807) is 0 Å². The zero-order valence-electron chi connectivity index (χ0n) is 12.0. The highest BCUT2D eigenvalue weighted by molar-refractivity contribution is 7.91. The molecule has 1 atom stereocenters. The fourth-order valence-electron chi connectivity index (χ4n) is 2.75. The molecule has 21 heavy (non-hydrogen) atoms. The smallest absolute Gasteiger partial charge is 0.258 e. The van der Waals surface area contributed by atoms with Gasteiger partial charge in [0.1, 0.15) is 4.21 Å². The van der Waals surface area contributed by atoms with E-state index in [9.17, 15) is 18.5 Å². The average molecular weight is 332 g/mol. The summed E-state index contributed by atoms with van der Waals surface area (Å²) in [5, 5.41) is 10.6. The third-order valence-electron chi connectivity index (χ3n) is 3.84. The second-order valence-electron chi connectivity index (χ2n) is 5.34. The Kier molecular flexibility index (Phi) is 5.34. The van der Waals surface area contributed by atoms with Gasteiger partial charge in [-0.25, -0.2) is 8.42 Å². The monoisotopic (exact) mass is 332 g/mol. The number of thiophene rings is 1. The van der Waals surface area contributed by atoms with Crippen LogP contribution in [0.25, 0.3) is 0 Å². The van der Waals surface area contributed by atoms with Gasteiger partial charge in [-0.2, -0.15) is 4.31 Å². The summed E-state index contributed by atoms with van der Waals surface area (Å²) in [6.45, 7) is 3.16. The molecule has 0 aliphatic carbocycles. The van der Waals surface area contributed by atoms with Crippen LogP contribution in [0.3, 0.4) is 0 Å². The summed E-state index contributed by atoms with van der Waals surface area (Å²) >= 11 is 0.731. The van der Waals surface area contributed by atoms with Gasteiger partial charge in [0.15, 0.2) is 0 Å². The van der Waals surface area contributed by atoms with E-state index in [4.69, 9.17) is 0 Å². The van der Waals surface area contributed by atoms with Crippen LogP contribution in [0.5, 0.6) is 0 Å². The Bertz CT molecular complexity index is 597. The maximum Gasteiger partial charge on any atom is 0.325 e. The van der Waals surface area contributed by atoms with Gasteiger partial charge in [-0.05, 0) is 42.6 Å². The van der Waals surface area contributed by atoms with Crippen LogP contribution in [-0.4, -0.2) is 30.7 Å². The van der Waals surface area contributed by atoms with Crippen LogP contribution in [0.4, 0.5) is 5.00 Å². The highest BCUT2D eigenvalue weighted by atomic mass is 32.2. The van der Waals surface area contributed by atoms with Crippen LogP contribution in [0.15, 0.2) is 16.3 Å². The summed E-state index contributed by atoms with van der Waals surface area (Å²) in [6.07, 6.45) is 5.05. The first-order chi connectivity index (χ1) is 9.95. The molecule has 0 aromatic carbocycles. The lowest BCUT2D eigenvalue weighted by Crippen LogP contribution is -2.31. The largest absolute Gasteiger partial charge is 0.325 e. The fraction of sp³-hybridized carbons (Fsp3) is 0.692. The number of nitrogens with zero attached hydrogens (tertiary/aromatic N) is 2. The quantitative estimate of drug-likeness (QED) is 0.612. The Hall–Kier alpha value is -0.990. The molecule has 1 saturated heterocycles. The van der Waals surface area contributed by atoms with E-state index in [0.29, 0.717) is 19.0 Å². The lowest BCUT2D eigenvalue weighted by atomic mass is 9.96. The van der Waals surface area contributed by atoms with E-state index < -0.39 is 14.9 Å². The van der Waals surface area contributed by atoms with Crippen LogP contribution in [0.2, 0.25) is 0 Å². The Morgan fingerprint density at radius 3 is 2.76 bits per heavy atom. The highest BCUT2D eigenvalue weighted by Gasteiger charge is 2.30. The van der Waals surface area contributed by atoms with Gasteiger partial charge in [-0.1, -0.05) is 19.8 Å². The van der Waals surface area contributed by atoms with Crippen molar-refractivity contribution in [1.82, 2.24) is 4.31 Å². The molecular weight excluding hydrogens is 312 g/mol. The van der Waals surface area contributed by atoms with Crippen LogP contribution in [-0.2, 0) is 10.0 Å². The minimum atomic E-state index is -3.59. The van der Waals surface area contributed by atoms with Gasteiger partial charge in [0.05, 0.1) is 4.92 Å². The van der Waals surface area contributed by atoms with Crippen molar-refractivity contribution in [2.45, 2.75) is 43.2 Å². The summed E-state index contributed by atoms with van der Waals surface area (Å²) in [5.41, 5.74) is 0. The molecule has 6 nitrogen and oxygen atoms in total. The molecule has 2 rings (SSSR count). The molecule has 1 aromatic rings. The Morgan fingerprint density at radius 2 is 2.14 bits per heavy atom. The number of hydrogen-bond acceptors (Lipinski definition) is 5. The molecule has 2 heterocycles. The topological polar surface area (TPSA) is 80.5 Å². The van der Waals surface area contributed by atoms with E-state index in [1.165, 1.54) is 16.4 Å². The van der Waals surface area contributed by atoms with E-state index in [-0.39, 0.29) is 9.21 Å². The number of rotatable bonds is 5. The second-order valence-corrected chi connectivity index (χ2v) is 8.57. The predicted octanol–water partition coefficient (Wildman–Crippen LogP) is 3.25. The summed E-state index contributed by atoms with van der Waals surface area (Å²) in [7, 11) is -3.59. The molecule has 118 valence electrons. The third-order valence-corrected chi connectivity index (χ3v) is 7.25. The standard InChI is InChI=1S/C13H20N2O4S2/c1-2-4-11-5-3-9-14(10-8-11)21(18,19)13-7-6-12(20-13)15(16)17/h6-7,11H,2-5,8-10H2,1H3/t11-/m1/s1. The molecule has 0 N–H and O–H groups in total. The van der Waals surface area contributed by atoms with Gasteiger partial charge in [-0.15, -0.1) is 0 Å². The molecule has 0 spiro atoms. The van der Waals surface area contributed by atoms with Crippen molar-refractivity contribution in [3.63, 3.8) is 0 Å². The van der Waals surface area contributed by atoms with E-state index in [0.717, 1.165) is 43.4 Å². The predicted molar refractivity (Wildman–Crippen MR) is 82.0 cm³/mol. The van der Waals surface area contributed by atoms with Gasteiger partial charge in [0.2, 0.25) is 0 Å². The number of hydrogen-bond donors (Lipinski definition) is 0. The SMILES string of the molecule is CCC[C@@H]1CCCN(S(=O)(=O)c2ccc([N+](=O)[O-])s2)CC1. The zero-order valence-corrected chi connectivity index (χ0v) is 13.7. The Balaban J connectivity index is 2.13. The van der Waals surface area contributed by atoms with Crippen LogP contribution in [0.1, 0.15) is 39.0 Å². The Labute approximate surface area is 129 Å². The van der Waals surface area contributed by atoms with Gasteiger partial charge in [0, 0.05) is 19.2 Å². The summed E-state index contributed by atoms with van der Waals surface area (Å²) in [4.78, 5) is 10.1. The maximum atomic E-state index is 12.6. The fourth-order valence-corrected chi connectivity index (χ4v) is 5.51. The molecule has 0 saturated carbocycles. The molecule has 1 fully saturated rings. The molecule has 1 aromatic heterocycles. The van der Waals surface area contributed by atoms with E-state index >= 15 is 0 Å². The first kappa shape index (κ1) is 16.4. The van der Waals surface area contributed by atoms with Crippen molar-refractivity contribution in [3.8, 4) is 0 Å². The van der Waals surface area contributed by atoms with Crippen LogP contribution in [0, 0.1) is 16.0 Å². The first-order valence-corrected chi connectivity index (χ1v) is 9.45. The minimum Gasteiger partial charge on any atom is -0.258 e. The molecule has 1 aliphatic rings. The van der Waals surface area contributed by atoms with Gasteiger partial charge in [-0.3, -0.25) is 10.1 Å². The average Bonchev–Trinajstić information content (AvgIpc) is 2.82. The van der Waals surface area contributed by atoms with Crippen molar-refractivity contribution < 1.29 is 13.3 Å². The molecule has 0 bridgehead atoms. The maximum absolute atomic E-state index is 12.6. The summed E-state index contributed by atoms with van der Waals surface area (Å²) in [5.74, 6) is 0.591. The van der Waals surface area contributed by atoms with E-state index in [2.05, 4.69) is 6.92 Å². The Morgan fingerprint density at radius 1 is 1.38 bits per heavy atom. The summed E-state index contributed by atoms with van der Waals surface area (Å²) in [6, 6.07) is 2.60. The van der Waals surface area contributed by atoms with Crippen LogP contribution >= 0.6 is 11.3 Å². The number of nitro groups is 1. The lowest BCUT2D eigenvalue weighted by molar-refractivity contribution is -0.380. The molecule has 0 radical (unpaired) electrons. The minimum absolute atomic E-state index is 0.0724. The molecule has 0 amide bonds. The number of sulfonamides is 1. The molecule has 8 heteroatoms. The molecule has 1 aliphatic heterocycles. The normalized spacial score (nSPS) is 21.1. The van der Waals surface area contributed by atoms with Crippen molar-refractivity contribution in [2.75, 3.05) is 13.1 Å². The third kappa shape index (κ3) is 3.81. The van der Waals surface area contributed by atoms with Gasteiger partial charge in [0.25, 0.3) is 10.0 Å². The molecule has 0 unspecified atom stereocenters. The van der Waals surface area contributed by atoms with Crippen molar-refractivity contribution >= 4 is 26.4 Å². The van der Waals surface area contributed by atoms with Crippen molar-refractivity contribution in [1.29, 1.82) is 0 Å².